The molecule has 1 aliphatic rings. The maximum atomic E-state index is 9.82. The predicted octanol–water partition coefficient (Wildman–Crippen LogP) is 2.14. The molecule has 2 aromatic rings. The third kappa shape index (κ3) is 2.44. The molecule has 1 aliphatic heterocycles. The van der Waals surface area contributed by atoms with Crippen molar-refractivity contribution in [1.82, 2.24) is 9.78 Å². The summed E-state index contributed by atoms with van der Waals surface area (Å²) in [4.78, 5) is 0. The number of benzene rings is 1. The Hall–Kier alpha value is -1.26. The van der Waals surface area contributed by atoms with Gasteiger partial charge in [0.05, 0.1) is 17.5 Å². The molecule has 0 radical (unpaired) electrons. The molecule has 3 rings (SSSR count). The van der Waals surface area contributed by atoms with Crippen LogP contribution in [0, 0.1) is 5.92 Å². The Kier molecular flexibility index (Phi) is 3.39. The lowest BCUT2D eigenvalue weighted by atomic mass is 10.0. The molecule has 0 spiro atoms. The summed E-state index contributed by atoms with van der Waals surface area (Å²) in [5, 5.41) is 14.4. The van der Waals surface area contributed by atoms with Gasteiger partial charge in [-0.15, -0.1) is 0 Å². The standard InChI is InChI=1S/C14H16N2OS/c17-14-10-18-9-11(14)8-12-6-7-16(15-12)13-4-2-1-3-5-13/h1-7,11,14,17H,8-10H2. The molecule has 2 atom stereocenters. The number of thioether (sulfide) groups is 1. The molecule has 0 aliphatic carbocycles. The van der Waals surface area contributed by atoms with Crippen molar-refractivity contribution in [1.29, 1.82) is 0 Å². The van der Waals surface area contributed by atoms with Gasteiger partial charge in [-0.1, -0.05) is 18.2 Å². The number of aliphatic hydroxyl groups is 1. The van der Waals surface area contributed by atoms with Crippen LogP contribution < -0.4 is 0 Å². The molecule has 0 bridgehead atoms. The topological polar surface area (TPSA) is 38.0 Å². The van der Waals surface area contributed by atoms with E-state index in [-0.39, 0.29) is 6.10 Å². The molecule has 4 heteroatoms. The molecule has 1 aromatic carbocycles. The summed E-state index contributed by atoms with van der Waals surface area (Å²) < 4.78 is 1.89. The van der Waals surface area contributed by atoms with Crippen molar-refractivity contribution in [2.45, 2.75) is 12.5 Å². The maximum absolute atomic E-state index is 9.82. The summed E-state index contributed by atoms with van der Waals surface area (Å²) in [6, 6.07) is 12.1. The fourth-order valence-electron chi connectivity index (χ4n) is 2.25. The monoisotopic (exact) mass is 260 g/mol. The van der Waals surface area contributed by atoms with E-state index in [1.807, 2.05) is 59.0 Å². The smallest absolute Gasteiger partial charge is 0.0670 e. The van der Waals surface area contributed by atoms with Crippen LogP contribution in [0.4, 0.5) is 0 Å². The molecule has 2 unspecified atom stereocenters. The highest BCUT2D eigenvalue weighted by Gasteiger charge is 2.26. The molecule has 0 saturated carbocycles. The molecular formula is C14H16N2OS. The molecule has 1 saturated heterocycles. The Bertz CT molecular complexity index is 512. The van der Waals surface area contributed by atoms with Crippen LogP contribution in [0.25, 0.3) is 5.69 Å². The summed E-state index contributed by atoms with van der Waals surface area (Å²) in [6.07, 6.45) is 2.68. The zero-order chi connectivity index (χ0) is 12.4. The van der Waals surface area contributed by atoms with Crippen LogP contribution in [0.15, 0.2) is 42.6 Å². The lowest BCUT2D eigenvalue weighted by molar-refractivity contribution is 0.149. The highest BCUT2D eigenvalue weighted by atomic mass is 32.2. The van der Waals surface area contributed by atoms with E-state index in [0.717, 1.165) is 29.3 Å². The van der Waals surface area contributed by atoms with Crippen molar-refractivity contribution < 1.29 is 5.11 Å². The molecule has 3 nitrogen and oxygen atoms in total. The van der Waals surface area contributed by atoms with Crippen molar-refractivity contribution >= 4 is 11.8 Å². The molecule has 0 amide bonds. The van der Waals surface area contributed by atoms with Gasteiger partial charge in [-0.3, -0.25) is 0 Å². The van der Waals surface area contributed by atoms with Crippen molar-refractivity contribution in [3.8, 4) is 5.69 Å². The van der Waals surface area contributed by atoms with E-state index in [0.29, 0.717) is 5.92 Å². The predicted molar refractivity (Wildman–Crippen MR) is 74.1 cm³/mol. The molecular weight excluding hydrogens is 244 g/mol. The van der Waals surface area contributed by atoms with Gasteiger partial charge < -0.3 is 5.11 Å². The normalized spacial score (nSPS) is 23.4. The Morgan fingerprint density at radius 2 is 2.06 bits per heavy atom. The lowest BCUT2D eigenvalue weighted by Gasteiger charge is -2.10. The fraction of sp³-hybridized carbons (Fsp3) is 0.357. The second-order valence-electron chi connectivity index (χ2n) is 4.66. The average molecular weight is 260 g/mol. The third-order valence-electron chi connectivity index (χ3n) is 3.30. The van der Waals surface area contributed by atoms with Crippen molar-refractivity contribution in [3.05, 3.63) is 48.3 Å². The van der Waals surface area contributed by atoms with Crippen molar-refractivity contribution in [3.63, 3.8) is 0 Å². The van der Waals surface area contributed by atoms with Crippen LogP contribution in [-0.4, -0.2) is 32.5 Å². The van der Waals surface area contributed by atoms with E-state index in [1.165, 1.54) is 0 Å². The minimum Gasteiger partial charge on any atom is -0.392 e. The van der Waals surface area contributed by atoms with E-state index in [1.54, 1.807) is 0 Å². The molecule has 2 heterocycles. The Balaban J connectivity index is 1.74. The number of nitrogens with zero attached hydrogens (tertiary/aromatic N) is 2. The molecule has 1 fully saturated rings. The first kappa shape index (κ1) is 11.8. The second kappa shape index (κ2) is 5.16. The molecule has 1 N–H and O–H groups in total. The van der Waals surface area contributed by atoms with Crippen LogP contribution in [0.2, 0.25) is 0 Å². The van der Waals surface area contributed by atoms with Crippen LogP contribution in [0.1, 0.15) is 5.69 Å². The first-order valence-electron chi connectivity index (χ1n) is 6.19. The molecule has 1 aromatic heterocycles. The Labute approximate surface area is 111 Å². The quantitative estimate of drug-likeness (QED) is 0.919. The molecule has 94 valence electrons. The molecule has 18 heavy (non-hydrogen) atoms. The number of aromatic nitrogens is 2. The summed E-state index contributed by atoms with van der Waals surface area (Å²) in [5.74, 6) is 2.26. The van der Waals surface area contributed by atoms with Gasteiger partial charge in [-0.2, -0.15) is 16.9 Å². The van der Waals surface area contributed by atoms with E-state index in [2.05, 4.69) is 5.10 Å². The number of rotatable bonds is 3. The minimum atomic E-state index is -0.170. The first-order chi connectivity index (χ1) is 8.83. The van der Waals surface area contributed by atoms with Crippen LogP contribution in [0.3, 0.4) is 0 Å². The van der Waals surface area contributed by atoms with Crippen molar-refractivity contribution in [2.75, 3.05) is 11.5 Å². The Morgan fingerprint density at radius 3 is 2.78 bits per heavy atom. The fourth-order valence-corrected chi connectivity index (χ4v) is 3.54. The zero-order valence-electron chi connectivity index (χ0n) is 10.1. The van der Waals surface area contributed by atoms with Crippen LogP contribution >= 0.6 is 11.8 Å². The zero-order valence-corrected chi connectivity index (χ0v) is 10.9. The van der Waals surface area contributed by atoms with Gasteiger partial charge in [0.2, 0.25) is 0 Å². The van der Waals surface area contributed by atoms with Gasteiger partial charge in [-0.25, -0.2) is 4.68 Å². The van der Waals surface area contributed by atoms with Gasteiger partial charge in [-0.05, 0) is 30.4 Å². The number of para-hydroxylation sites is 1. The van der Waals surface area contributed by atoms with Crippen LogP contribution in [-0.2, 0) is 6.42 Å². The maximum Gasteiger partial charge on any atom is 0.0670 e. The van der Waals surface area contributed by atoms with Gasteiger partial charge in [0.1, 0.15) is 0 Å². The second-order valence-corrected chi connectivity index (χ2v) is 5.73. The Morgan fingerprint density at radius 1 is 1.22 bits per heavy atom. The summed E-state index contributed by atoms with van der Waals surface area (Å²) in [5.41, 5.74) is 2.13. The van der Waals surface area contributed by atoms with Gasteiger partial charge in [0, 0.05) is 17.9 Å². The highest BCUT2D eigenvalue weighted by Crippen LogP contribution is 2.26. The van der Waals surface area contributed by atoms with Gasteiger partial charge >= 0.3 is 0 Å². The third-order valence-corrected chi connectivity index (χ3v) is 4.54. The lowest BCUT2D eigenvalue weighted by Crippen LogP contribution is -2.20. The average Bonchev–Trinajstić information content (AvgIpc) is 3.02. The SMILES string of the molecule is OC1CSCC1Cc1ccn(-c2ccccc2)n1. The summed E-state index contributed by atoms with van der Waals surface area (Å²) in [7, 11) is 0. The van der Waals surface area contributed by atoms with E-state index in [9.17, 15) is 5.11 Å². The first-order valence-corrected chi connectivity index (χ1v) is 7.34. The van der Waals surface area contributed by atoms with Crippen molar-refractivity contribution in [2.24, 2.45) is 5.92 Å². The number of aliphatic hydroxyl groups excluding tert-OH is 1. The van der Waals surface area contributed by atoms with E-state index >= 15 is 0 Å². The van der Waals surface area contributed by atoms with Gasteiger partial charge in [0.15, 0.2) is 0 Å². The van der Waals surface area contributed by atoms with Gasteiger partial charge in [0.25, 0.3) is 0 Å². The summed E-state index contributed by atoms with van der Waals surface area (Å²) >= 11 is 1.83. The largest absolute Gasteiger partial charge is 0.392 e. The van der Waals surface area contributed by atoms with Crippen LogP contribution in [0.5, 0.6) is 0 Å². The highest BCUT2D eigenvalue weighted by molar-refractivity contribution is 7.99. The van der Waals surface area contributed by atoms with E-state index < -0.39 is 0 Å². The number of hydrogen-bond donors (Lipinski definition) is 1. The van der Waals surface area contributed by atoms with E-state index in [4.69, 9.17) is 0 Å². The number of hydrogen-bond acceptors (Lipinski definition) is 3. The summed E-state index contributed by atoms with van der Waals surface area (Å²) in [6.45, 7) is 0. The minimum absolute atomic E-state index is 0.170.